The van der Waals surface area contributed by atoms with Crippen LogP contribution >= 0.6 is 11.3 Å². The quantitative estimate of drug-likeness (QED) is 0.466. The van der Waals surface area contributed by atoms with Crippen molar-refractivity contribution in [3.63, 3.8) is 0 Å². The van der Waals surface area contributed by atoms with E-state index in [1.54, 1.807) is 0 Å². The molecule has 0 bridgehead atoms. The molecule has 4 heterocycles. The van der Waals surface area contributed by atoms with Crippen LogP contribution in [-0.2, 0) is 16.1 Å². The highest BCUT2D eigenvalue weighted by molar-refractivity contribution is 7.22. The highest BCUT2D eigenvalue weighted by Crippen LogP contribution is 2.35. The third-order valence-corrected chi connectivity index (χ3v) is 6.98. The van der Waals surface area contributed by atoms with E-state index < -0.39 is 0 Å². The van der Waals surface area contributed by atoms with Gasteiger partial charge in [0.2, 0.25) is 11.7 Å². The van der Waals surface area contributed by atoms with E-state index in [1.165, 1.54) is 22.2 Å². The summed E-state index contributed by atoms with van der Waals surface area (Å²) in [4.78, 5) is 35.7. The lowest BCUT2D eigenvalue weighted by molar-refractivity contribution is -0.122. The third kappa shape index (κ3) is 4.19. The van der Waals surface area contributed by atoms with Crippen molar-refractivity contribution in [1.82, 2.24) is 25.0 Å². The van der Waals surface area contributed by atoms with Crippen LogP contribution in [-0.4, -0.2) is 44.9 Å². The monoisotopic (exact) mass is 465 g/mol. The van der Waals surface area contributed by atoms with Crippen molar-refractivity contribution in [2.75, 3.05) is 13.2 Å². The summed E-state index contributed by atoms with van der Waals surface area (Å²) in [5, 5.41) is 7.41. The van der Waals surface area contributed by atoms with Crippen molar-refractivity contribution < 1.29 is 14.1 Å². The van der Waals surface area contributed by atoms with Crippen LogP contribution in [0.3, 0.4) is 0 Å². The van der Waals surface area contributed by atoms with Gasteiger partial charge in [-0.3, -0.25) is 14.2 Å². The maximum atomic E-state index is 13.1. The molecule has 9 nitrogen and oxygen atoms in total. The fourth-order valence-electron chi connectivity index (χ4n) is 3.97. The number of amides is 1. The number of hydrogen-bond donors (Lipinski definition) is 1. The first-order valence-electron chi connectivity index (χ1n) is 10.8. The SMILES string of the molecule is Cc1ccccc1-c1noc(-c2sc3ncn(CC(=O)NC[C@@H]4CCCO4)c(=O)c3c2C)n1. The Labute approximate surface area is 193 Å². The fraction of sp³-hybridized carbons (Fsp3) is 0.348. The molecule has 1 aromatic carbocycles. The maximum Gasteiger partial charge on any atom is 0.268 e. The summed E-state index contributed by atoms with van der Waals surface area (Å²) < 4.78 is 12.4. The van der Waals surface area contributed by atoms with Gasteiger partial charge in [-0.15, -0.1) is 11.3 Å². The lowest BCUT2D eigenvalue weighted by atomic mass is 10.1. The molecular formula is C23H23N5O4S. The van der Waals surface area contributed by atoms with Gasteiger partial charge in [0.05, 0.1) is 22.7 Å². The first-order chi connectivity index (χ1) is 16.0. The number of fused-ring (bicyclic) bond motifs is 1. The number of nitrogens with zero attached hydrogens (tertiary/aromatic N) is 4. The number of nitrogens with one attached hydrogen (secondary N) is 1. The van der Waals surface area contributed by atoms with Crippen molar-refractivity contribution in [2.24, 2.45) is 0 Å². The Balaban J connectivity index is 1.40. The lowest BCUT2D eigenvalue weighted by Crippen LogP contribution is -2.36. The zero-order valence-corrected chi connectivity index (χ0v) is 19.1. The van der Waals surface area contributed by atoms with Gasteiger partial charge in [0.1, 0.15) is 11.4 Å². The predicted molar refractivity (Wildman–Crippen MR) is 124 cm³/mol. The summed E-state index contributed by atoms with van der Waals surface area (Å²) in [6, 6.07) is 7.80. The van der Waals surface area contributed by atoms with Crippen LogP contribution in [0.15, 0.2) is 39.9 Å². The summed E-state index contributed by atoms with van der Waals surface area (Å²) >= 11 is 1.32. The molecule has 0 spiro atoms. The molecule has 3 aromatic heterocycles. The highest BCUT2D eigenvalue weighted by atomic mass is 32.1. The van der Waals surface area contributed by atoms with Crippen LogP contribution in [0.4, 0.5) is 0 Å². The highest BCUT2D eigenvalue weighted by Gasteiger charge is 2.22. The molecule has 1 atom stereocenters. The largest absolute Gasteiger partial charge is 0.376 e. The smallest absolute Gasteiger partial charge is 0.268 e. The molecule has 1 N–H and O–H groups in total. The number of carbonyl (C=O) groups excluding carboxylic acids is 1. The summed E-state index contributed by atoms with van der Waals surface area (Å²) in [6.45, 7) is 4.89. The number of benzene rings is 1. The Bertz CT molecular complexity index is 1380. The van der Waals surface area contributed by atoms with E-state index in [-0.39, 0.29) is 24.1 Å². The van der Waals surface area contributed by atoms with Gasteiger partial charge in [0.15, 0.2) is 0 Å². The number of carbonyl (C=O) groups is 1. The van der Waals surface area contributed by atoms with Gasteiger partial charge in [0.25, 0.3) is 11.4 Å². The minimum absolute atomic E-state index is 0.0481. The number of thiophene rings is 1. The Morgan fingerprint density at radius 1 is 1.30 bits per heavy atom. The normalized spacial score (nSPS) is 15.9. The molecule has 1 fully saturated rings. The van der Waals surface area contributed by atoms with Gasteiger partial charge in [-0.2, -0.15) is 4.98 Å². The summed E-state index contributed by atoms with van der Waals surface area (Å²) in [6.07, 6.45) is 3.40. The van der Waals surface area contributed by atoms with Crippen LogP contribution in [0.2, 0.25) is 0 Å². The van der Waals surface area contributed by atoms with Crippen molar-refractivity contribution >= 4 is 27.5 Å². The molecule has 0 aliphatic carbocycles. The standard InChI is InChI=1S/C23H23N5O4S/c1-13-6-3-4-8-16(13)20-26-21(32-27-20)19-14(2)18-22(33-19)25-12-28(23(18)30)11-17(29)24-10-15-7-5-9-31-15/h3-4,6,8,12,15H,5,7,9-11H2,1-2H3,(H,24,29)/t15-/m0/s1. The Morgan fingerprint density at radius 2 is 2.15 bits per heavy atom. The number of aryl methyl sites for hydroxylation is 2. The molecule has 4 aromatic rings. The molecule has 1 aliphatic heterocycles. The van der Waals surface area contributed by atoms with E-state index in [9.17, 15) is 9.59 Å². The first kappa shape index (κ1) is 21.5. The van der Waals surface area contributed by atoms with Crippen LogP contribution < -0.4 is 10.9 Å². The third-order valence-electron chi connectivity index (χ3n) is 5.79. The van der Waals surface area contributed by atoms with E-state index >= 15 is 0 Å². The minimum Gasteiger partial charge on any atom is -0.376 e. The van der Waals surface area contributed by atoms with Crippen LogP contribution in [0.5, 0.6) is 0 Å². The molecule has 5 rings (SSSR count). The predicted octanol–water partition coefficient (Wildman–Crippen LogP) is 3.09. The van der Waals surface area contributed by atoms with E-state index in [4.69, 9.17) is 9.26 Å². The van der Waals surface area contributed by atoms with Crippen LogP contribution in [0.25, 0.3) is 32.4 Å². The summed E-state index contributed by atoms with van der Waals surface area (Å²) in [5.74, 6) is 0.587. The Morgan fingerprint density at radius 3 is 2.94 bits per heavy atom. The fourth-order valence-corrected chi connectivity index (χ4v) is 5.03. The zero-order chi connectivity index (χ0) is 22.9. The van der Waals surface area contributed by atoms with Gasteiger partial charge in [-0.1, -0.05) is 29.4 Å². The van der Waals surface area contributed by atoms with Gasteiger partial charge >= 0.3 is 0 Å². The summed E-state index contributed by atoms with van der Waals surface area (Å²) in [5.41, 5.74) is 2.37. The van der Waals surface area contributed by atoms with Gasteiger partial charge in [0, 0.05) is 18.7 Å². The molecule has 170 valence electrons. The number of ether oxygens (including phenoxy) is 1. The van der Waals surface area contributed by atoms with E-state index in [0.29, 0.717) is 38.9 Å². The zero-order valence-electron chi connectivity index (χ0n) is 18.3. The van der Waals surface area contributed by atoms with Crippen molar-refractivity contribution in [3.8, 4) is 22.2 Å². The minimum atomic E-state index is -0.272. The first-order valence-corrected chi connectivity index (χ1v) is 11.6. The van der Waals surface area contributed by atoms with Crippen LogP contribution in [0, 0.1) is 13.8 Å². The summed E-state index contributed by atoms with van der Waals surface area (Å²) in [7, 11) is 0. The molecule has 10 heteroatoms. The molecule has 0 unspecified atom stereocenters. The van der Waals surface area contributed by atoms with Gasteiger partial charge < -0.3 is 14.6 Å². The van der Waals surface area contributed by atoms with Crippen LogP contribution in [0.1, 0.15) is 24.0 Å². The van der Waals surface area contributed by atoms with Crippen molar-refractivity contribution in [3.05, 3.63) is 52.1 Å². The average molecular weight is 466 g/mol. The van der Waals surface area contributed by atoms with Gasteiger partial charge in [-0.05, 0) is 37.8 Å². The number of hydrogen-bond acceptors (Lipinski definition) is 8. The number of rotatable bonds is 6. The Hall–Kier alpha value is -3.37. The maximum absolute atomic E-state index is 13.1. The second-order valence-electron chi connectivity index (χ2n) is 8.09. The van der Waals surface area contributed by atoms with E-state index in [2.05, 4.69) is 20.4 Å². The Kier molecular flexibility index (Phi) is 5.77. The molecule has 0 radical (unpaired) electrons. The average Bonchev–Trinajstić information content (AvgIpc) is 3.55. The molecule has 1 aliphatic rings. The second kappa shape index (κ2) is 8.87. The molecule has 1 amide bonds. The topological polar surface area (TPSA) is 112 Å². The molecule has 33 heavy (non-hydrogen) atoms. The van der Waals surface area contributed by atoms with Gasteiger partial charge in [-0.25, -0.2) is 4.98 Å². The van der Waals surface area contributed by atoms with Crippen molar-refractivity contribution in [1.29, 1.82) is 0 Å². The number of aromatic nitrogens is 4. The second-order valence-corrected chi connectivity index (χ2v) is 9.09. The molecular weight excluding hydrogens is 442 g/mol. The van der Waals surface area contributed by atoms with E-state index in [1.807, 2.05) is 38.1 Å². The lowest BCUT2D eigenvalue weighted by Gasteiger charge is -2.11. The molecule has 1 saturated heterocycles. The molecule has 0 saturated carbocycles. The van der Waals surface area contributed by atoms with E-state index in [0.717, 1.165) is 30.6 Å². The van der Waals surface area contributed by atoms with Crippen molar-refractivity contribution in [2.45, 2.75) is 39.3 Å².